The molecule has 2 aromatic rings. The zero-order chi connectivity index (χ0) is 12.1. The Morgan fingerprint density at radius 3 is 2.71 bits per heavy atom. The number of aryl methyl sites for hydroxylation is 2. The number of benzene rings is 1. The van der Waals surface area contributed by atoms with Gasteiger partial charge in [0.2, 0.25) is 0 Å². The molecule has 1 N–H and O–H groups in total. The number of nitrogens with one attached hydrogen (secondary N) is 1. The molecule has 0 saturated carbocycles. The molecule has 17 heavy (non-hydrogen) atoms. The minimum Gasteiger partial charge on any atom is -0.385 e. The highest BCUT2D eigenvalue weighted by atomic mass is 14.9. The molecule has 0 aliphatic rings. The molecular weight excluding hydrogens is 208 g/mol. The number of nitrogens with zero attached hydrogens (tertiary/aromatic N) is 1. The zero-order valence-corrected chi connectivity index (χ0v) is 10.4. The average molecular weight is 226 g/mol. The number of hydrogen-bond acceptors (Lipinski definition) is 2. The maximum Gasteiger partial charge on any atom is 0.0343 e. The standard InChI is InChI=1S/C15H18N2/c1-12-5-6-15(10-13(12)2)17-9-7-14-4-3-8-16-11-14/h3-6,8,10-11,17H,7,9H2,1-2H3. The van der Waals surface area contributed by atoms with E-state index in [1.165, 1.54) is 22.4 Å². The Bertz CT molecular complexity index is 478. The molecular formula is C15H18N2. The van der Waals surface area contributed by atoms with E-state index < -0.39 is 0 Å². The van der Waals surface area contributed by atoms with Gasteiger partial charge in [-0.25, -0.2) is 0 Å². The van der Waals surface area contributed by atoms with Gasteiger partial charge < -0.3 is 5.32 Å². The van der Waals surface area contributed by atoms with Gasteiger partial charge in [-0.15, -0.1) is 0 Å². The van der Waals surface area contributed by atoms with E-state index in [2.05, 4.69) is 48.4 Å². The Morgan fingerprint density at radius 1 is 1.12 bits per heavy atom. The van der Waals surface area contributed by atoms with Crippen molar-refractivity contribution in [1.29, 1.82) is 0 Å². The minimum atomic E-state index is 0.939. The van der Waals surface area contributed by atoms with Crippen LogP contribution in [0.5, 0.6) is 0 Å². The summed E-state index contributed by atoms with van der Waals surface area (Å²) in [4.78, 5) is 4.11. The van der Waals surface area contributed by atoms with E-state index in [1.54, 1.807) is 6.20 Å². The summed E-state index contributed by atoms with van der Waals surface area (Å²) in [6.45, 7) is 5.21. The van der Waals surface area contributed by atoms with E-state index in [-0.39, 0.29) is 0 Å². The number of pyridine rings is 1. The fourth-order valence-corrected chi connectivity index (χ4v) is 1.75. The highest BCUT2D eigenvalue weighted by Crippen LogP contribution is 2.14. The first-order valence-electron chi connectivity index (χ1n) is 5.96. The van der Waals surface area contributed by atoms with Gasteiger partial charge in [-0.2, -0.15) is 0 Å². The molecule has 2 rings (SSSR count). The third-order valence-electron chi connectivity index (χ3n) is 2.97. The van der Waals surface area contributed by atoms with Crippen LogP contribution in [-0.2, 0) is 6.42 Å². The minimum absolute atomic E-state index is 0.939. The molecule has 2 nitrogen and oxygen atoms in total. The van der Waals surface area contributed by atoms with Crippen LogP contribution in [0.15, 0.2) is 42.7 Å². The SMILES string of the molecule is Cc1ccc(NCCc2cccnc2)cc1C. The third kappa shape index (κ3) is 3.31. The predicted octanol–water partition coefficient (Wildman–Crippen LogP) is 3.35. The lowest BCUT2D eigenvalue weighted by Crippen LogP contribution is -2.05. The molecule has 0 atom stereocenters. The van der Waals surface area contributed by atoms with Gasteiger partial charge >= 0.3 is 0 Å². The lowest BCUT2D eigenvalue weighted by atomic mass is 10.1. The van der Waals surface area contributed by atoms with Crippen molar-refractivity contribution in [2.45, 2.75) is 20.3 Å². The van der Waals surface area contributed by atoms with Crippen molar-refractivity contribution in [2.75, 3.05) is 11.9 Å². The normalized spacial score (nSPS) is 10.2. The van der Waals surface area contributed by atoms with E-state index in [4.69, 9.17) is 0 Å². The van der Waals surface area contributed by atoms with Gasteiger partial charge in [-0.1, -0.05) is 12.1 Å². The summed E-state index contributed by atoms with van der Waals surface area (Å²) in [5.41, 5.74) is 5.13. The van der Waals surface area contributed by atoms with Crippen LogP contribution in [-0.4, -0.2) is 11.5 Å². The molecule has 2 heteroatoms. The summed E-state index contributed by atoms with van der Waals surface area (Å²) in [6, 6.07) is 10.6. The third-order valence-corrected chi connectivity index (χ3v) is 2.97. The van der Waals surface area contributed by atoms with E-state index in [0.29, 0.717) is 0 Å². The van der Waals surface area contributed by atoms with E-state index >= 15 is 0 Å². The average Bonchev–Trinajstić information content (AvgIpc) is 2.35. The van der Waals surface area contributed by atoms with Gasteiger partial charge in [0.1, 0.15) is 0 Å². The number of hydrogen-bond donors (Lipinski definition) is 1. The van der Waals surface area contributed by atoms with Crippen molar-refractivity contribution in [3.8, 4) is 0 Å². The van der Waals surface area contributed by atoms with Gasteiger partial charge in [0, 0.05) is 24.6 Å². The molecule has 0 unspecified atom stereocenters. The van der Waals surface area contributed by atoms with Gasteiger partial charge in [-0.3, -0.25) is 4.98 Å². The number of rotatable bonds is 4. The van der Waals surface area contributed by atoms with Crippen LogP contribution in [0.2, 0.25) is 0 Å². The Morgan fingerprint density at radius 2 is 2.00 bits per heavy atom. The van der Waals surface area contributed by atoms with Crippen molar-refractivity contribution in [2.24, 2.45) is 0 Å². The molecule has 1 aromatic heterocycles. The zero-order valence-electron chi connectivity index (χ0n) is 10.4. The van der Waals surface area contributed by atoms with Crippen LogP contribution in [0.25, 0.3) is 0 Å². The van der Waals surface area contributed by atoms with Gasteiger partial charge in [-0.05, 0) is 55.2 Å². The van der Waals surface area contributed by atoms with Crippen molar-refractivity contribution in [3.63, 3.8) is 0 Å². The summed E-state index contributed by atoms with van der Waals surface area (Å²) in [5, 5.41) is 3.43. The second-order valence-corrected chi connectivity index (χ2v) is 4.34. The van der Waals surface area contributed by atoms with Crippen molar-refractivity contribution in [1.82, 2.24) is 4.98 Å². The summed E-state index contributed by atoms with van der Waals surface area (Å²) < 4.78 is 0. The Balaban J connectivity index is 1.88. The topological polar surface area (TPSA) is 24.9 Å². The van der Waals surface area contributed by atoms with Crippen LogP contribution in [0.3, 0.4) is 0 Å². The fourth-order valence-electron chi connectivity index (χ4n) is 1.75. The van der Waals surface area contributed by atoms with Crippen molar-refractivity contribution < 1.29 is 0 Å². The molecule has 0 spiro atoms. The van der Waals surface area contributed by atoms with Crippen LogP contribution < -0.4 is 5.32 Å². The lowest BCUT2D eigenvalue weighted by Gasteiger charge is -2.08. The second-order valence-electron chi connectivity index (χ2n) is 4.34. The Kier molecular flexibility index (Phi) is 3.76. The first-order valence-corrected chi connectivity index (χ1v) is 5.96. The van der Waals surface area contributed by atoms with E-state index in [0.717, 1.165) is 13.0 Å². The van der Waals surface area contributed by atoms with E-state index in [9.17, 15) is 0 Å². The van der Waals surface area contributed by atoms with Gasteiger partial charge in [0.05, 0.1) is 0 Å². The maximum atomic E-state index is 4.11. The molecule has 0 saturated heterocycles. The fraction of sp³-hybridized carbons (Fsp3) is 0.267. The lowest BCUT2D eigenvalue weighted by molar-refractivity contribution is 1.00. The molecule has 1 heterocycles. The molecule has 0 aliphatic heterocycles. The summed E-state index contributed by atoms with van der Waals surface area (Å²) in [5.74, 6) is 0. The Labute approximate surface area is 103 Å². The van der Waals surface area contributed by atoms with Crippen LogP contribution in [0, 0.1) is 13.8 Å². The first-order chi connectivity index (χ1) is 8.25. The second kappa shape index (κ2) is 5.48. The first kappa shape index (κ1) is 11.6. The molecule has 0 radical (unpaired) electrons. The number of anilines is 1. The van der Waals surface area contributed by atoms with Crippen LogP contribution >= 0.6 is 0 Å². The monoisotopic (exact) mass is 226 g/mol. The van der Waals surface area contributed by atoms with Crippen LogP contribution in [0.1, 0.15) is 16.7 Å². The number of aromatic nitrogens is 1. The highest BCUT2D eigenvalue weighted by Gasteiger charge is 1.96. The molecule has 0 bridgehead atoms. The Hall–Kier alpha value is -1.83. The van der Waals surface area contributed by atoms with Crippen molar-refractivity contribution in [3.05, 3.63) is 59.4 Å². The van der Waals surface area contributed by atoms with Gasteiger partial charge in [0.25, 0.3) is 0 Å². The summed E-state index contributed by atoms with van der Waals surface area (Å²) in [6.07, 6.45) is 4.73. The summed E-state index contributed by atoms with van der Waals surface area (Å²) in [7, 11) is 0. The van der Waals surface area contributed by atoms with Crippen LogP contribution in [0.4, 0.5) is 5.69 Å². The van der Waals surface area contributed by atoms with E-state index in [1.807, 2.05) is 12.3 Å². The summed E-state index contributed by atoms with van der Waals surface area (Å²) >= 11 is 0. The maximum absolute atomic E-state index is 4.11. The van der Waals surface area contributed by atoms with Gasteiger partial charge in [0.15, 0.2) is 0 Å². The highest BCUT2D eigenvalue weighted by molar-refractivity contribution is 5.48. The quantitative estimate of drug-likeness (QED) is 0.864. The molecule has 0 aliphatic carbocycles. The molecule has 1 aromatic carbocycles. The molecule has 0 amide bonds. The predicted molar refractivity (Wildman–Crippen MR) is 72.3 cm³/mol. The largest absolute Gasteiger partial charge is 0.385 e. The smallest absolute Gasteiger partial charge is 0.0343 e. The molecule has 0 fully saturated rings. The van der Waals surface area contributed by atoms with Crippen molar-refractivity contribution >= 4 is 5.69 Å². The molecule has 88 valence electrons.